The van der Waals surface area contributed by atoms with E-state index in [-0.39, 0.29) is 10.6 Å². The predicted octanol–water partition coefficient (Wildman–Crippen LogP) is 4.00. The fourth-order valence-electron chi connectivity index (χ4n) is 2.45. The molecular weight excluding hydrogens is 266 g/mol. The molecule has 0 atom stereocenters. The van der Waals surface area contributed by atoms with Gasteiger partial charge in [0, 0.05) is 41.0 Å². The molecule has 5 heteroatoms. The van der Waals surface area contributed by atoms with Gasteiger partial charge in [0.25, 0.3) is 5.69 Å². The Balaban J connectivity index is 1.79. The first-order chi connectivity index (χ1) is 10.1. The number of H-pyrrole nitrogens is 1. The number of aryl methyl sites for hydroxylation is 1. The minimum atomic E-state index is -0.362. The Kier molecular flexibility index (Phi) is 3.31. The Labute approximate surface area is 121 Å². The van der Waals surface area contributed by atoms with Crippen LogP contribution in [0.1, 0.15) is 11.1 Å². The second-order valence-electron chi connectivity index (χ2n) is 4.97. The molecule has 1 heterocycles. The summed E-state index contributed by atoms with van der Waals surface area (Å²) in [6.07, 6.45) is 1.98. The molecule has 0 amide bonds. The van der Waals surface area contributed by atoms with E-state index >= 15 is 0 Å². The molecule has 2 aromatic carbocycles. The van der Waals surface area contributed by atoms with E-state index in [0.29, 0.717) is 12.1 Å². The van der Waals surface area contributed by atoms with Gasteiger partial charge in [-0.3, -0.25) is 10.1 Å². The molecule has 0 aliphatic rings. The number of nitrogens with one attached hydrogen (secondary N) is 2. The Morgan fingerprint density at radius 1 is 1.24 bits per heavy atom. The van der Waals surface area contributed by atoms with Gasteiger partial charge in [-0.25, -0.2) is 0 Å². The van der Waals surface area contributed by atoms with Gasteiger partial charge in [-0.1, -0.05) is 18.2 Å². The molecule has 2 N–H and O–H groups in total. The number of aromatic nitrogens is 1. The number of hydrogen-bond acceptors (Lipinski definition) is 3. The highest BCUT2D eigenvalue weighted by Gasteiger charge is 2.10. The second kappa shape index (κ2) is 5.28. The summed E-state index contributed by atoms with van der Waals surface area (Å²) in [6, 6.07) is 13.2. The number of anilines is 1. The third-order valence-electron chi connectivity index (χ3n) is 3.55. The molecule has 0 spiro atoms. The van der Waals surface area contributed by atoms with Crippen LogP contribution >= 0.6 is 0 Å². The van der Waals surface area contributed by atoms with Crippen molar-refractivity contribution in [3.05, 3.63) is 69.9 Å². The lowest BCUT2D eigenvalue weighted by molar-refractivity contribution is -0.385. The van der Waals surface area contributed by atoms with Crippen LogP contribution in [0.2, 0.25) is 0 Å². The lowest BCUT2D eigenvalue weighted by atomic mass is 10.1. The minimum Gasteiger partial charge on any atom is -0.381 e. The van der Waals surface area contributed by atoms with Crippen LogP contribution < -0.4 is 5.32 Å². The fraction of sp³-hybridized carbons (Fsp3) is 0.125. The normalized spacial score (nSPS) is 10.7. The third kappa shape index (κ3) is 2.58. The topological polar surface area (TPSA) is 71.0 Å². The van der Waals surface area contributed by atoms with Crippen molar-refractivity contribution in [1.82, 2.24) is 4.98 Å². The standard InChI is InChI=1S/C16H15N3O2/c1-11-8-13(6-7-16(11)19(20)21)17-9-12-10-18-15-5-3-2-4-14(12)15/h2-8,10,17-18H,9H2,1H3. The third-order valence-corrected chi connectivity index (χ3v) is 3.55. The van der Waals surface area contributed by atoms with Crippen molar-refractivity contribution < 1.29 is 4.92 Å². The van der Waals surface area contributed by atoms with E-state index < -0.39 is 0 Å². The lowest BCUT2D eigenvalue weighted by Crippen LogP contribution is -2.00. The first-order valence-electron chi connectivity index (χ1n) is 6.69. The van der Waals surface area contributed by atoms with Crippen molar-refractivity contribution in [2.24, 2.45) is 0 Å². The number of aromatic amines is 1. The van der Waals surface area contributed by atoms with Crippen molar-refractivity contribution in [1.29, 1.82) is 0 Å². The summed E-state index contributed by atoms with van der Waals surface area (Å²) in [4.78, 5) is 13.7. The summed E-state index contributed by atoms with van der Waals surface area (Å²) in [5.74, 6) is 0. The fourth-order valence-corrected chi connectivity index (χ4v) is 2.45. The Bertz CT molecular complexity index is 808. The molecule has 1 aromatic heterocycles. The zero-order chi connectivity index (χ0) is 14.8. The molecule has 0 bridgehead atoms. The second-order valence-corrected chi connectivity index (χ2v) is 4.97. The molecule has 0 unspecified atom stereocenters. The predicted molar refractivity (Wildman–Crippen MR) is 83.5 cm³/mol. The molecule has 106 valence electrons. The molecule has 0 aliphatic carbocycles. The van der Waals surface area contributed by atoms with Crippen LogP contribution in [0.3, 0.4) is 0 Å². The largest absolute Gasteiger partial charge is 0.381 e. The minimum absolute atomic E-state index is 0.146. The summed E-state index contributed by atoms with van der Waals surface area (Å²) in [7, 11) is 0. The van der Waals surface area contributed by atoms with E-state index in [1.165, 1.54) is 17.0 Å². The number of hydrogen-bond donors (Lipinski definition) is 2. The first kappa shape index (κ1) is 13.2. The van der Waals surface area contributed by atoms with Crippen molar-refractivity contribution >= 4 is 22.3 Å². The van der Waals surface area contributed by atoms with Gasteiger partial charge in [-0.15, -0.1) is 0 Å². The van der Waals surface area contributed by atoms with Crippen LogP contribution in [0.5, 0.6) is 0 Å². The molecule has 3 rings (SSSR count). The summed E-state index contributed by atoms with van der Waals surface area (Å²) in [5.41, 5.74) is 3.95. The van der Waals surface area contributed by atoms with Crippen molar-refractivity contribution in [2.75, 3.05) is 5.32 Å². The summed E-state index contributed by atoms with van der Waals surface area (Å²) < 4.78 is 0. The number of benzene rings is 2. The Hall–Kier alpha value is -2.82. The van der Waals surface area contributed by atoms with Crippen LogP contribution in [0.25, 0.3) is 10.9 Å². The SMILES string of the molecule is Cc1cc(NCc2c[nH]c3ccccc23)ccc1[N+](=O)[O-]. The number of rotatable bonds is 4. The van der Waals surface area contributed by atoms with Crippen LogP contribution in [0.15, 0.2) is 48.7 Å². The summed E-state index contributed by atoms with van der Waals surface area (Å²) in [5, 5.41) is 15.3. The van der Waals surface area contributed by atoms with Gasteiger partial charge in [0.2, 0.25) is 0 Å². The lowest BCUT2D eigenvalue weighted by Gasteiger charge is -2.07. The van der Waals surface area contributed by atoms with Crippen LogP contribution in [0.4, 0.5) is 11.4 Å². The highest BCUT2D eigenvalue weighted by atomic mass is 16.6. The summed E-state index contributed by atoms with van der Waals surface area (Å²) >= 11 is 0. The molecule has 0 fully saturated rings. The van der Waals surface area contributed by atoms with Gasteiger partial charge >= 0.3 is 0 Å². The van der Waals surface area contributed by atoms with Gasteiger partial charge in [-0.05, 0) is 30.7 Å². The van der Waals surface area contributed by atoms with E-state index in [0.717, 1.165) is 11.2 Å². The zero-order valence-corrected chi connectivity index (χ0v) is 11.6. The molecule has 0 saturated heterocycles. The van der Waals surface area contributed by atoms with Gasteiger partial charge in [0.15, 0.2) is 0 Å². The van der Waals surface area contributed by atoms with Crippen molar-refractivity contribution in [3.8, 4) is 0 Å². The van der Waals surface area contributed by atoms with E-state index in [2.05, 4.69) is 16.4 Å². The van der Waals surface area contributed by atoms with Crippen molar-refractivity contribution in [3.63, 3.8) is 0 Å². The van der Waals surface area contributed by atoms with E-state index in [1.807, 2.05) is 24.4 Å². The average Bonchev–Trinajstić information content (AvgIpc) is 2.88. The quantitative estimate of drug-likeness (QED) is 0.561. The molecule has 0 radical (unpaired) electrons. The van der Waals surface area contributed by atoms with Gasteiger partial charge < -0.3 is 10.3 Å². The monoisotopic (exact) mass is 281 g/mol. The maximum atomic E-state index is 10.8. The van der Waals surface area contributed by atoms with E-state index in [9.17, 15) is 10.1 Å². The number of para-hydroxylation sites is 1. The van der Waals surface area contributed by atoms with E-state index in [4.69, 9.17) is 0 Å². The van der Waals surface area contributed by atoms with Crippen LogP contribution in [0, 0.1) is 17.0 Å². The number of nitrogens with zero attached hydrogens (tertiary/aromatic N) is 1. The molecule has 5 nitrogen and oxygen atoms in total. The van der Waals surface area contributed by atoms with E-state index in [1.54, 1.807) is 19.1 Å². The smallest absolute Gasteiger partial charge is 0.272 e. The molecule has 0 aliphatic heterocycles. The first-order valence-corrected chi connectivity index (χ1v) is 6.69. The number of nitro benzene ring substituents is 1. The van der Waals surface area contributed by atoms with Crippen molar-refractivity contribution in [2.45, 2.75) is 13.5 Å². The maximum absolute atomic E-state index is 10.8. The Morgan fingerprint density at radius 3 is 2.81 bits per heavy atom. The molecular formula is C16H15N3O2. The molecule has 3 aromatic rings. The van der Waals surface area contributed by atoms with Gasteiger partial charge in [0.1, 0.15) is 0 Å². The molecule has 21 heavy (non-hydrogen) atoms. The van der Waals surface area contributed by atoms with Gasteiger partial charge in [0.05, 0.1) is 4.92 Å². The summed E-state index contributed by atoms with van der Waals surface area (Å²) in [6.45, 7) is 2.41. The van der Waals surface area contributed by atoms with Crippen LogP contribution in [-0.4, -0.2) is 9.91 Å². The van der Waals surface area contributed by atoms with Crippen LogP contribution in [-0.2, 0) is 6.54 Å². The highest BCUT2D eigenvalue weighted by molar-refractivity contribution is 5.83. The number of fused-ring (bicyclic) bond motifs is 1. The maximum Gasteiger partial charge on any atom is 0.272 e. The zero-order valence-electron chi connectivity index (χ0n) is 11.6. The average molecular weight is 281 g/mol. The highest BCUT2D eigenvalue weighted by Crippen LogP contribution is 2.23. The molecule has 0 saturated carbocycles. The van der Waals surface area contributed by atoms with Gasteiger partial charge in [-0.2, -0.15) is 0 Å². The number of nitro groups is 1. The Morgan fingerprint density at radius 2 is 2.05 bits per heavy atom.